The lowest BCUT2D eigenvalue weighted by Gasteiger charge is -2.08. The molecule has 0 aliphatic heterocycles. The van der Waals surface area contributed by atoms with Gasteiger partial charge in [-0.05, 0) is 48.9 Å². The standard InChI is InChI=1S/C21H24N2O6/c1-3-28-21(26)29-18-10-6-16(7-11-18)20(25)22-14-15-4-8-17(9-5-15)23-19(24)12-13-27-2/h4-11H,3,12-14H2,1-2H3,(H,22,25)(H,23,24). The number of nitrogens with one attached hydrogen (secondary N) is 2. The maximum atomic E-state index is 12.3. The lowest BCUT2D eigenvalue weighted by Crippen LogP contribution is -2.22. The monoisotopic (exact) mass is 400 g/mol. The number of hydrogen-bond acceptors (Lipinski definition) is 6. The highest BCUT2D eigenvalue weighted by Gasteiger charge is 2.09. The Morgan fingerprint density at radius 3 is 2.28 bits per heavy atom. The first-order valence-corrected chi connectivity index (χ1v) is 9.12. The van der Waals surface area contributed by atoms with Gasteiger partial charge in [0.15, 0.2) is 0 Å². The fourth-order valence-electron chi connectivity index (χ4n) is 2.33. The molecule has 0 fully saturated rings. The molecule has 154 valence electrons. The Balaban J connectivity index is 1.82. The highest BCUT2D eigenvalue weighted by atomic mass is 16.7. The first-order chi connectivity index (χ1) is 14.0. The zero-order chi connectivity index (χ0) is 21.1. The molecule has 2 aromatic rings. The Morgan fingerprint density at radius 1 is 0.966 bits per heavy atom. The number of carbonyl (C=O) groups excluding carboxylic acids is 3. The summed E-state index contributed by atoms with van der Waals surface area (Å²) in [6.45, 7) is 2.60. The van der Waals surface area contributed by atoms with Gasteiger partial charge in [-0.1, -0.05) is 12.1 Å². The quantitative estimate of drug-likeness (QED) is 0.495. The number of carbonyl (C=O) groups is 3. The normalized spacial score (nSPS) is 10.1. The molecular formula is C21H24N2O6. The molecule has 0 aliphatic carbocycles. The van der Waals surface area contributed by atoms with E-state index in [0.29, 0.717) is 30.2 Å². The Labute approximate surface area is 169 Å². The van der Waals surface area contributed by atoms with Crippen LogP contribution in [0.1, 0.15) is 29.3 Å². The van der Waals surface area contributed by atoms with E-state index in [1.165, 1.54) is 12.1 Å². The van der Waals surface area contributed by atoms with Crippen molar-refractivity contribution >= 4 is 23.7 Å². The Bertz CT molecular complexity index is 818. The van der Waals surface area contributed by atoms with Gasteiger partial charge in [-0.25, -0.2) is 4.79 Å². The van der Waals surface area contributed by atoms with Crippen molar-refractivity contribution in [2.24, 2.45) is 0 Å². The van der Waals surface area contributed by atoms with E-state index in [1.807, 2.05) is 12.1 Å². The van der Waals surface area contributed by atoms with E-state index in [9.17, 15) is 14.4 Å². The smallest absolute Gasteiger partial charge is 0.434 e. The van der Waals surface area contributed by atoms with Gasteiger partial charge in [-0.3, -0.25) is 9.59 Å². The van der Waals surface area contributed by atoms with Crippen LogP contribution in [-0.2, 0) is 20.8 Å². The van der Waals surface area contributed by atoms with E-state index < -0.39 is 6.16 Å². The predicted molar refractivity (Wildman–Crippen MR) is 107 cm³/mol. The minimum Gasteiger partial charge on any atom is -0.434 e. The maximum absolute atomic E-state index is 12.3. The lowest BCUT2D eigenvalue weighted by atomic mass is 10.1. The van der Waals surface area contributed by atoms with Crippen molar-refractivity contribution in [3.8, 4) is 5.75 Å². The molecule has 8 heteroatoms. The zero-order valence-electron chi connectivity index (χ0n) is 16.4. The van der Waals surface area contributed by atoms with Crippen LogP contribution >= 0.6 is 0 Å². The van der Waals surface area contributed by atoms with Gasteiger partial charge < -0.3 is 24.8 Å². The molecule has 8 nitrogen and oxygen atoms in total. The minimum absolute atomic E-state index is 0.122. The van der Waals surface area contributed by atoms with Crippen molar-refractivity contribution in [3.05, 3.63) is 59.7 Å². The van der Waals surface area contributed by atoms with Crippen LogP contribution < -0.4 is 15.4 Å². The van der Waals surface area contributed by atoms with Crippen LogP contribution in [0.4, 0.5) is 10.5 Å². The van der Waals surface area contributed by atoms with Crippen molar-refractivity contribution < 1.29 is 28.6 Å². The first kappa shape index (κ1) is 21.9. The molecule has 2 N–H and O–H groups in total. The number of ether oxygens (including phenoxy) is 3. The van der Waals surface area contributed by atoms with Crippen LogP contribution in [0.2, 0.25) is 0 Å². The average molecular weight is 400 g/mol. The molecule has 0 heterocycles. The Kier molecular flexibility index (Phi) is 8.65. The van der Waals surface area contributed by atoms with Gasteiger partial charge in [0.25, 0.3) is 5.91 Å². The molecule has 29 heavy (non-hydrogen) atoms. The van der Waals surface area contributed by atoms with E-state index in [4.69, 9.17) is 9.47 Å². The topological polar surface area (TPSA) is 103 Å². The summed E-state index contributed by atoms with van der Waals surface area (Å²) >= 11 is 0. The summed E-state index contributed by atoms with van der Waals surface area (Å²) in [4.78, 5) is 35.2. The number of amides is 2. The van der Waals surface area contributed by atoms with Crippen LogP contribution in [0.3, 0.4) is 0 Å². The van der Waals surface area contributed by atoms with Crippen molar-refractivity contribution in [1.82, 2.24) is 5.32 Å². The maximum Gasteiger partial charge on any atom is 0.513 e. The SMILES string of the molecule is CCOC(=O)Oc1ccc(C(=O)NCc2ccc(NC(=O)CCOC)cc2)cc1. The second-order valence-electron chi connectivity index (χ2n) is 5.98. The van der Waals surface area contributed by atoms with E-state index in [0.717, 1.165) is 5.56 Å². The second kappa shape index (κ2) is 11.5. The number of methoxy groups -OCH3 is 1. The summed E-state index contributed by atoms with van der Waals surface area (Å²) in [5, 5.41) is 5.58. The molecular weight excluding hydrogens is 376 g/mol. The van der Waals surface area contributed by atoms with Gasteiger partial charge in [0, 0.05) is 24.9 Å². The summed E-state index contributed by atoms with van der Waals surface area (Å²) in [5.41, 5.74) is 2.00. The highest BCUT2D eigenvalue weighted by Crippen LogP contribution is 2.14. The largest absolute Gasteiger partial charge is 0.513 e. The van der Waals surface area contributed by atoms with Crippen LogP contribution in [0.25, 0.3) is 0 Å². The van der Waals surface area contributed by atoms with Gasteiger partial charge in [0.2, 0.25) is 5.91 Å². The van der Waals surface area contributed by atoms with Gasteiger partial charge >= 0.3 is 6.16 Å². The summed E-state index contributed by atoms with van der Waals surface area (Å²) in [5.74, 6) is -0.0870. The van der Waals surface area contributed by atoms with Gasteiger partial charge in [-0.2, -0.15) is 0 Å². The van der Waals surface area contributed by atoms with Crippen LogP contribution in [0.15, 0.2) is 48.5 Å². The summed E-state index contributed by atoms with van der Waals surface area (Å²) in [6, 6.07) is 13.3. The van der Waals surface area contributed by atoms with E-state index in [-0.39, 0.29) is 24.8 Å². The third-order valence-electron chi connectivity index (χ3n) is 3.80. The third kappa shape index (κ3) is 7.63. The third-order valence-corrected chi connectivity index (χ3v) is 3.80. The highest BCUT2D eigenvalue weighted by molar-refractivity contribution is 5.94. The molecule has 0 aliphatic rings. The van der Waals surface area contributed by atoms with Crippen LogP contribution in [-0.4, -0.2) is 38.3 Å². The molecule has 0 bridgehead atoms. The van der Waals surface area contributed by atoms with Gasteiger partial charge in [0.1, 0.15) is 5.75 Å². The van der Waals surface area contributed by atoms with Crippen molar-refractivity contribution in [3.63, 3.8) is 0 Å². The number of hydrogen-bond donors (Lipinski definition) is 2. The van der Waals surface area contributed by atoms with E-state index >= 15 is 0 Å². The first-order valence-electron chi connectivity index (χ1n) is 9.12. The molecule has 0 aromatic heterocycles. The summed E-state index contributed by atoms with van der Waals surface area (Å²) < 4.78 is 14.5. The number of anilines is 1. The molecule has 0 unspecified atom stereocenters. The predicted octanol–water partition coefficient (Wildman–Crippen LogP) is 3.13. The molecule has 0 spiro atoms. The van der Waals surface area contributed by atoms with Gasteiger partial charge in [-0.15, -0.1) is 0 Å². The molecule has 0 saturated carbocycles. The van der Waals surface area contributed by atoms with E-state index in [2.05, 4.69) is 15.4 Å². The average Bonchev–Trinajstić information content (AvgIpc) is 2.72. The summed E-state index contributed by atoms with van der Waals surface area (Å²) in [6.07, 6.45) is -0.499. The Morgan fingerprint density at radius 2 is 1.66 bits per heavy atom. The number of benzene rings is 2. The van der Waals surface area contributed by atoms with E-state index in [1.54, 1.807) is 38.3 Å². The lowest BCUT2D eigenvalue weighted by molar-refractivity contribution is -0.117. The second-order valence-corrected chi connectivity index (χ2v) is 5.98. The molecule has 2 rings (SSSR count). The molecule has 0 radical (unpaired) electrons. The minimum atomic E-state index is -0.789. The Hall–Kier alpha value is -3.39. The zero-order valence-corrected chi connectivity index (χ0v) is 16.4. The van der Waals surface area contributed by atoms with Crippen LogP contribution in [0.5, 0.6) is 5.75 Å². The van der Waals surface area contributed by atoms with Crippen molar-refractivity contribution in [2.45, 2.75) is 19.9 Å². The van der Waals surface area contributed by atoms with Crippen molar-refractivity contribution in [1.29, 1.82) is 0 Å². The molecule has 0 saturated heterocycles. The van der Waals surface area contributed by atoms with Crippen LogP contribution in [0, 0.1) is 0 Å². The van der Waals surface area contributed by atoms with Gasteiger partial charge in [0.05, 0.1) is 19.6 Å². The fourth-order valence-corrected chi connectivity index (χ4v) is 2.33. The number of rotatable bonds is 9. The summed E-state index contributed by atoms with van der Waals surface area (Å²) in [7, 11) is 1.54. The molecule has 2 aromatic carbocycles. The fraction of sp³-hybridized carbons (Fsp3) is 0.286. The molecule has 2 amide bonds. The molecule has 0 atom stereocenters. The van der Waals surface area contributed by atoms with Crippen molar-refractivity contribution in [2.75, 3.05) is 25.6 Å².